The monoisotopic (exact) mass is 672 g/mol. The Kier molecular flexibility index (Phi) is 11.2. The summed E-state index contributed by atoms with van der Waals surface area (Å²) >= 11 is 0. The molecule has 0 radical (unpaired) electrons. The lowest BCUT2D eigenvalue weighted by molar-refractivity contribution is -0.365. The maximum atomic E-state index is 12.5. The predicted octanol–water partition coefficient (Wildman–Crippen LogP) is 1.37. The molecule has 12 nitrogen and oxygen atoms in total. The number of rotatable bonds is 13. The minimum atomic E-state index is -2.05. The molecule has 1 saturated heterocycles. The van der Waals surface area contributed by atoms with Gasteiger partial charge in [0.1, 0.15) is 17.8 Å². The maximum absolute atomic E-state index is 12.5. The minimum absolute atomic E-state index is 0.0364. The van der Waals surface area contributed by atoms with Gasteiger partial charge in [-0.25, -0.2) is 4.79 Å². The highest BCUT2D eigenvalue weighted by Crippen LogP contribution is 2.46. The molecule has 3 heterocycles. The number of aliphatic hydroxyl groups is 4. The van der Waals surface area contributed by atoms with E-state index in [1.165, 1.54) is 26.0 Å². The first-order valence-corrected chi connectivity index (χ1v) is 17.1. The van der Waals surface area contributed by atoms with Crippen molar-refractivity contribution >= 4 is 23.8 Å². The van der Waals surface area contributed by atoms with Gasteiger partial charge in [0.2, 0.25) is 0 Å². The first kappa shape index (κ1) is 36.3. The fourth-order valence-corrected chi connectivity index (χ4v) is 8.15. The molecule has 0 amide bonds. The van der Waals surface area contributed by atoms with Crippen molar-refractivity contribution < 1.29 is 54.1 Å². The van der Waals surface area contributed by atoms with Gasteiger partial charge >= 0.3 is 11.9 Å². The Morgan fingerprint density at radius 1 is 1.25 bits per heavy atom. The van der Waals surface area contributed by atoms with E-state index in [9.17, 15) is 35.1 Å². The smallest absolute Gasteiger partial charge is 0.333 e. The number of aliphatic carboxylic acids is 1. The third-order valence-electron chi connectivity index (χ3n) is 11.0. The lowest BCUT2D eigenvalue weighted by atomic mass is 9.73. The third kappa shape index (κ3) is 6.50. The minimum Gasteiger partial charge on any atom is -0.658 e. The third-order valence-corrected chi connectivity index (χ3v) is 11.0. The molecule has 2 aliphatic carbocycles. The molecule has 12 heteroatoms. The molecule has 0 bridgehead atoms. The number of hydrogen-bond acceptors (Lipinski definition) is 10. The van der Waals surface area contributed by atoms with Crippen molar-refractivity contribution in [2.45, 2.75) is 113 Å². The van der Waals surface area contributed by atoms with Gasteiger partial charge in [-0.2, -0.15) is 5.69 Å². The van der Waals surface area contributed by atoms with Crippen molar-refractivity contribution in [3.8, 4) is 0 Å². The molecule has 5 rings (SSSR count). The van der Waals surface area contributed by atoms with Crippen molar-refractivity contribution in [3.05, 3.63) is 46.6 Å². The van der Waals surface area contributed by atoms with E-state index >= 15 is 0 Å². The quantitative estimate of drug-likeness (QED) is 0.150. The van der Waals surface area contributed by atoms with Crippen LogP contribution < -0.4 is 15.6 Å². The van der Waals surface area contributed by atoms with E-state index in [-0.39, 0.29) is 30.9 Å². The number of fused-ring (bicyclic) bond motifs is 1. The Hall–Kier alpha value is -3.00. The van der Waals surface area contributed by atoms with Crippen molar-refractivity contribution in [1.29, 1.82) is 0 Å². The average Bonchev–Trinajstić information content (AvgIpc) is 3.78. The summed E-state index contributed by atoms with van der Waals surface area (Å²) in [5.41, 5.74) is -2.67. The van der Waals surface area contributed by atoms with Gasteiger partial charge in [-0.1, -0.05) is 50.3 Å². The van der Waals surface area contributed by atoms with Crippen LogP contribution in [0.5, 0.6) is 0 Å². The summed E-state index contributed by atoms with van der Waals surface area (Å²) in [5.74, 6) is -2.12. The zero-order chi connectivity index (χ0) is 34.8. The molecule has 1 aromatic rings. The Morgan fingerprint density at radius 2 is 1.98 bits per heavy atom. The van der Waals surface area contributed by atoms with Gasteiger partial charge in [-0.15, -0.1) is 6.58 Å². The molecular formula is C36H50NO11-. The second kappa shape index (κ2) is 14.9. The van der Waals surface area contributed by atoms with Crippen molar-refractivity contribution in [1.82, 2.24) is 4.98 Å². The number of aromatic nitrogens is 1. The standard InChI is InChI=1S/C36H50NO11/c1-5-23-25(17-30(40)41)24(32(42)45-4)13-14-27(23)46-34-35(44,6-2)33(43)36(29(19-39)47-34)18-22-16-26(20(3)21-10-7-8-11-21)37-31(22)28(48-36)12-9-15-38/h5,13,16,18,20-21,23,25,27,29,33-34,38-39,43-44H,1,6-12,14-15,17,19H2,2-4H3,(H,40,41)/q-1. The van der Waals surface area contributed by atoms with E-state index in [0.29, 0.717) is 35.1 Å². The van der Waals surface area contributed by atoms with Crippen molar-refractivity contribution in [2.24, 2.45) is 17.8 Å². The molecule has 5 N–H and O–H groups in total. The second-order valence-electron chi connectivity index (χ2n) is 13.6. The van der Waals surface area contributed by atoms with Gasteiger partial charge in [-0.3, -0.25) is 4.79 Å². The molecule has 1 aromatic heterocycles. The van der Waals surface area contributed by atoms with Crippen LogP contribution in [-0.2, 0) is 28.5 Å². The zero-order valence-corrected chi connectivity index (χ0v) is 28.0. The number of nitrogens with zero attached hydrogens (tertiary/aromatic N) is 1. The molecular weight excluding hydrogens is 622 g/mol. The van der Waals surface area contributed by atoms with Gasteiger partial charge in [0.15, 0.2) is 11.9 Å². The van der Waals surface area contributed by atoms with Gasteiger partial charge in [0.05, 0.1) is 32.0 Å². The summed E-state index contributed by atoms with van der Waals surface area (Å²) in [5, 5.41) is 55.7. The SMILES string of the molecule is C=CC1C(OC2OC(CO)C3(C=c4cc(C(C)C5CCCC5)[n-]c4=C(CCCO)O3)C(O)C2(O)CC)CC=C(C(=O)OC)C1CC(=O)O. The lowest BCUT2D eigenvalue weighted by Crippen LogP contribution is -2.74. The van der Waals surface area contributed by atoms with E-state index in [1.807, 2.05) is 6.07 Å². The number of carboxylic acid groups (broad SMARTS) is 1. The van der Waals surface area contributed by atoms with Crippen LogP contribution in [0.3, 0.4) is 0 Å². The van der Waals surface area contributed by atoms with Crippen LogP contribution in [0.25, 0.3) is 11.8 Å². The van der Waals surface area contributed by atoms with E-state index < -0.39 is 72.6 Å². The van der Waals surface area contributed by atoms with E-state index in [0.717, 1.165) is 18.5 Å². The van der Waals surface area contributed by atoms with Crippen LogP contribution in [0.2, 0.25) is 0 Å². The summed E-state index contributed by atoms with van der Waals surface area (Å²) in [6.07, 6.45) is 4.71. The molecule has 2 aliphatic heterocycles. The molecule has 4 aliphatic rings. The molecule has 2 fully saturated rings. The lowest BCUT2D eigenvalue weighted by Gasteiger charge is -2.56. The molecule has 266 valence electrons. The van der Waals surface area contributed by atoms with Gasteiger partial charge in [0.25, 0.3) is 0 Å². The number of carbonyl (C=O) groups is 2. The van der Waals surface area contributed by atoms with Gasteiger partial charge in [-0.05, 0) is 55.2 Å². The summed E-state index contributed by atoms with van der Waals surface area (Å²) in [4.78, 5) is 29.3. The first-order chi connectivity index (χ1) is 23.0. The van der Waals surface area contributed by atoms with Gasteiger partial charge in [0, 0.05) is 30.4 Å². The maximum Gasteiger partial charge on any atom is 0.333 e. The van der Waals surface area contributed by atoms with Crippen LogP contribution >= 0.6 is 0 Å². The largest absolute Gasteiger partial charge is 0.658 e. The number of hydrogen-bond donors (Lipinski definition) is 5. The van der Waals surface area contributed by atoms with E-state index in [4.69, 9.17) is 23.9 Å². The molecule has 1 spiro atoms. The topological polar surface area (TPSA) is 186 Å². The summed E-state index contributed by atoms with van der Waals surface area (Å²) < 4.78 is 24.2. The number of esters is 1. The zero-order valence-electron chi connectivity index (χ0n) is 28.0. The normalized spacial score (nSPS) is 34.1. The first-order valence-electron chi connectivity index (χ1n) is 17.1. The number of aliphatic hydroxyl groups excluding tert-OH is 3. The van der Waals surface area contributed by atoms with E-state index in [2.05, 4.69) is 13.5 Å². The predicted molar refractivity (Wildman–Crippen MR) is 173 cm³/mol. The molecule has 48 heavy (non-hydrogen) atoms. The number of carbonyl (C=O) groups excluding carboxylic acids is 1. The van der Waals surface area contributed by atoms with Crippen LogP contribution in [0, 0.1) is 17.8 Å². The van der Waals surface area contributed by atoms with Crippen molar-refractivity contribution in [3.63, 3.8) is 0 Å². The van der Waals surface area contributed by atoms with Crippen LogP contribution in [0.15, 0.2) is 30.4 Å². The number of methoxy groups -OCH3 is 1. The Balaban J connectivity index is 1.51. The second-order valence-corrected chi connectivity index (χ2v) is 13.6. The average molecular weight is 673 g/mol. The summed E-state index contributed by atoms with van der Waals surface area (Å²) in [6.45, 7) is 7.02. The number of carboxylic acids is 1. The molecule has 9 unspecified atom stereocenters. The highest BCUT2D eigenvalue weighted by atomic mass is 16.7. The fourth-order valence-electron chi connectivity index (χ4n) is 8.15. The van der Waals surface area contributed by atoms with Crippen LogP contribution in [-0.4, -0.2) is 93.6 Å². The highest BCUT2D eigenvalue weighted by molar-refractivity contribution is 5.90. The highest BCUT2D eigenvalue weighted by Gasteiger charge is 2.64. The fraction of sp³-hybridized carbons (Fsp3) is 0.667. The Labute approximate surface area is 280 Å². The van der Waals surface area contributed by atoms with E-state index in [1.54, 1.807) is 19.1 Å². The van der Waals surface area contributed by atoms with Crippen molar-refractivity contribution in [2.75, 3.05) is 20.3 Å². The molecule has 9 atom stereocenters. The Bertz CT molecular complexity index is 1500. The van der Waals surface area contributed by atoms with Gasteiger partial charge < -0.3 is 49.5 Å². The molecule has 0 aromatic carbocycles. The Morgan fingerprint density at radius 3 is 2.58 bits per heavy atom. The molecule has 1 saturated carbocycles. The summed E-state index contributed by atoms with van der Waals surface area (Å²) in [6, 6.07) is 1.99. The summed E-state index contributed by atoms with van der Waals surface area (Å²) in [7, 11) is 1.22. The van der Waals surface area contributed by atoms with Crippen LogP contribution in [0.4, 0.5) is 0 Å². The number of ether oxygens (including phenoxy) is 4. The van der Waals surface area contributed by atoms with Crippen LogP contribution in [0.1, 0.15) is 83.2 Å².